The quantitative estimate of drug-likeness (QED) is 0.0180. The molecule has 0 heterocycles. The maximum Gasteiger partial charge on any atom is 1.00 e. The Morgan fingerprint density at radius 2 is 0.528 bits per heavy atom. The molecule has 2 fully saturated rings. The van der Waals surface area contributed by atoms with Gasteiger partial charge in [-0.3, -0.25) is 4.79 Å². The Hall–Kier alpha value is -7.13. The van der Waals surface area contributed by atoms with Crippen molar-refractivity contribution in [3.63, 3.8) is 0 Å². The van der Waals surface area contributed by atoms with E-state index in [1.165, 1.54) is 138 Å². The van der Waals surface area contributed by atoms with Crippen molar-refractivity contribution in [3.05, 3.63) is 484 Å². The molecule has 0 aliphatic heterocycles. The molecule has 18 rings (SSSR count). The molecular formula is C107H96BBr2F2INa2O5P4Pd. The molecule has 624 valence electrons. The Balaban J connectivity index is 0.000000201. The van der Waals surface area contributed by atoms with Crippen molar-refractivity contribution in [1.82, 2.24) is 0 Å². The van der Waals surface area contributed by atoms with E-state index in [9.17, 15) is 8.78 Å². The average Bonchev–Trinajstić information content (AvgIpc) is 1.25. The first kappa shape index (κ1) is 103. The smallest absolute Gasteiger partial charge is 1.00 e. The second kappa shape index (κ2) is 58.4. The molecule has 0 amide bonds. The summed E-state index contributed by atoms with van der Waals surface area (Å²) in [5, 5.41) is 43.1. The van der Waals surface area contributed by atoms with Gasteiger partial charge < -0.3 is 21.6 Å². The summed E-state index contributed by atoms with van der Waals surface area (Å²) < 4.78 is 28.7. The standard InChI is InChI=1S/4C18H15P.C17H16BrF.C11H15BO2.C6H3BrFI.CH2O3.2Na.Pd.H/c4*1-4-10-16(11-5-1)19(17-12-6-2-7-13-17)18-14-8-3-9-15-18;18-15-9-10-16(17(19)11-15)14-7-5-13(6-8-14)12-3-1-2-4-12;13-12(14)11-7-5-10(6-8-11)9-3-1-2-4-9;7-4-1-2-6(9)5(8)3-4;2-1-4-3;;;;/h4*1-15H;5-12H,1-4H2;5-9,13-14H,1-4H2;1-3H;1,3H;;;;/q;;;;;;;;2*+1;;-1/p-1. The maximum atomic E-state index is 13.9. The first-order valence-electron chi connectivity index (χ1n) is 40.6. The third kappa shape index (κ3) is 33.7. The molecule has 5 nitrogen and oxygen atoms in total. The Morgan fingerprint density at radius 1 is 0.328 bits per heavy atom. The third-order valence-corrected chi connectivity index (χ3v) is 31.8. The monoisotopic (exact) mass is 2070 g/mol. The van der Waals surface area contributed by atoms with E-state index >= 15 is 0 Å². The molecule has 18 heteroatoms. The van der Waals surface area contributed by atoms with Crippen LogP contribution < -0.4 is 133 Å². The van der Waals surface area contributed by atoms with Gasteiger partial charge in [-0.1, -0.05) is 476 Å². The van der Waals surface area contributed by atoms with Crippen molar-refractivity contribution >= 4 is 169 Å². The Bertz CT molecular complexity index is 4760. The summed E-state index contributed by atoms with van der Waals surface area (Å²) in [5.41, 5.74) is 4.94. The molecule has 0 atom stereocenters. The van der Waals surface area contributed by atoms with Gasteiger partial charge in [0, 0.05) is 38.5 Å². The predicted molar refractivity (Wildman–Crippen MR) is 534 cm³/mol. The van der Waals surface area contributed by atoms with Gasteiger partial charge in [0.2, 0.25) is 0 Å². The van der Waals surface area contributed by atoms with Crippen LogP contribution in [0.3, 0.4) is 0 Å². The average molecular weight is 2070 g/mol. The summed E-state index contributed by atoms with van der Waals surface area (Å²) >= 11 is 8.38. The minimum atomic E-state index is -1.34. The topological polar surface area (TPSA) is 89.8 Å². The fourth-order valence-electron chi connectivity index (χ4n) is 14.3. The molecule has 0 radical (unpaired) electrons. The van der Waals surface area contributed by atoms with Gasteiger partial charge in [-0.2, -0.15) is 0 Å². The Labute approximate surface area is 832 Å². The summed E-state index contributed by atoms with van der Waals surface area (Å²) in [4.78, 5) is 11.2. The van der Waals surface area contributed by atoms with Crippen LogP contribution in [-0.4, -0.2) is 23.6 Å². The van der Waals surface area contributed by atoms with Gasteiger partial charge in [0.05, 0.1) is 0 Å². The minimum Gasteiger partial charge on any atom is -1.00 e. The third-order valence-electron chi connectivity index (χ3n) is 20.1. The van der Waals surface area contributed by atoms with E-state index in [0.717, 1.165) is 14.5 Å². The second-order valence-electron chi connectivity index (χ2n) is 28.4. The fourth-order valence-corrected chi connectivity index (χ4v) is 24.5. The van der Waals surface area contributed by atoms with Crippen molar-refractivity contribution in [2.45, 2.75) is 63.2 Å². The zero-order valence-corrected chi connectivity index (χ0v) is 84.3. The minimum absolute atomic E-state index is 0. The van der Waals surface area contributed by atoms with E-state index in [2.05, 4.69) is 413 Å². The molecule has 2 aliphatic rings. The summed E-state index contributed by atoms with van der Waals surface area (Å²) in [6.07, 6.45) is 10.5. The van der Waals surface area contributed by atoms with Crippen LogP contribution >= 0.6 is 86.1 Å². The number of carbonyl (C=O) groups is 1. The van der Waals surface area contributed by atoms with Crippen LogP contribution in [-0.2, 0) is 30.1 Å². The molecule has 0 unspecified atom stereocenters. The van der Waals surface area contributed by atoms with Crippen LogP contribution in [0.5, 0.6) is 0 Å². The molecule has 0 spiro atoms. The zero-order valence-electron chi connectivity index (χ0n) is 70.8. The Morgan fingerprint density at radius 3 is 0.712 bits per heavy atom. The van der Waals surface area contributed by atoms with Crippen LogP contribution in [0.25, 0.3) is 11.1 Å². The molecule has 2 aliphatic carbocycles. The van der Waals surface area contributed by atoms with E-state index in [0.29, 0.717) is 26.4 Å². The van der Waals surface area contributed by atoms with Gasteiger partial charge in [-0.15, -0.1) is 0 Å². The van der Waals surface area contributed by atoms with Crippen LogP contribution in [0.2, 0.25) is 0 Å². The van der Waals surface area contributed by atoms with Crippen LogP contribution in [0, 0.1) is 15.2 Å². The van der Waals surface area contributed by atoms with Crippen molar-refractivity contribution in [2.75, 3.05) is 0 Å². The molecular weight excluding hydrogens is 1980 g/mol. The predicted octanol–water partition coefficient (Wildman–Crippen LogP) is 16.5. The van der Waals surface area contributed by atoms with Crippen molar-refractivity contribution in [2.24, 2.45) is 0 Å². The first-order chi connectivity index (χ1) is 59.9. The summed E-state index contributed by atoms with van der Waals surface area (Å²) in [6, 6.07) is 156. The second-order valence-corrected chi connectivity index (χ2v) is 40.2. The van der Waals surface area contributed by atoms with Gasteiger partial charge in [0.25, 0.3) is 6.47 Å². The number of hydrogen-bond acceptors (Lipinski definition) is 5. The van der Waals surface area contributed by atoms with Crippen LogP contribution in [0.1, 0.15) is 75.8 Å². The zero-order chi connectivity index (χ0) is 85.1. The maximum absolute atomic E-state index is 13.9. The number of carbonyl (C=O) groups excluding carboxylic acids is 1. The molecule has 2 saturated carbocycles. The van der Waals surface area contributed by atoms with E-state index in [1.54, 1.807) is 18.2 Å². The first-order valence-corrected chi connectivity index (χ1v) is 48.6. The summed E-state index contributed by atoms with van der Waals surface area (Å²) in [7, 11) is -3.12. The molecule has 16 aromatic carbocycles. The van der Waals surface area contributed by atoms with Gasteiger partial charge in [0.1, 0.15) is 11.6 Å². The molecule has 0 bridgehead atoms. The van der Waals surface area contributed by atoms with Gasteiger partial charge in [0.15, 0.2) is 0 Å². The van der Waals surface area contributed by atoms with Gasteiger partial charge in [-0.25, -0.2) is 8.78 Å². The molecule has 125 heavy (non-hydrogen) atoms. The number of hydrogen-bond donors (Lipinski definition) is 2. The van der Waals surface area contributed by atoms with Gasteiger partial charge >= 0.3 is 66.2 Å². The number of benzene rings is 16. The molecule has 2 N–H and O–H groups in total. The number of rotatable bonds is 17. The van der Waals surface area contributed by atoms with Crippen LogP contribution in [0.15, 0.2) is 458 Å². The molecule has 0 saturated heterocycles. The normalized spacial score (nSPS) is 11.6. The fraction of sp³-hybridized carbons (Fsp3) is 0.0935. The SMILES string of the molecule is Fc1cc(Br)ccc1-c1ccc(C2CCCC2)cc1.Fc1cc(Br)ccc1I.O=CO[O-].OB(O)c1ccc(C2CCCC2)cc1.[H-].[Na+].[Na+].[Pd].c1ccc(P(c2ccccc2)c2ccccc2)cc1.c1ccc(P(c2ccccc2)c2ccccc2)cc1.c1ccc(P(c2ccccc2)c2ccccc2)cc1.c1ccc(P(c2ccccc2)c2ccccc2)cc1. The Kier molecular flexibility index (Phi) is 48.3. The molecule has 16 aromatic rings. The van der Waals surface area contributed by atoms with E-state index in [1.807, 2.05) is 65.1 Å². The summed E-state index contributed by atoms with van der Waals surface area (Å²) in [6.45, 7) is -0.181. The largest absolute Gasteiger partial charge is 1.00 e. The van der Waals surface area contributed by atoms with Crippen molar-refractivity contribution in [1.29, 1.82) is 0 Å². The van der Waals surface area contributed by atoms with Crippen molar-refractivity contribution < 1.29 is 115 Å². The molecule has 0 aromatic heterocycles. The summed E-state index contributed by atoms with van der Waals surface area (Å²) in [5.74, 6) is 1.05. The van der Waals surface area contributed by atoms with E-state index in [4.69, 9.17) is 20.1 Å². The van der Waals surface area contributed by atoms with Crippen LogP contribution in [0.4, 0.5) is 8.78 Å². The van der Waals surface area contributed by atoms with Gasteiger partial charge in [-0.05, 0) is 208 Å². The number of halogens is 5. The van der Waals surface area contributed by atoms with E-state index < -0.39 is 38.8 Å². The van der Waals surface area contributed by atoms with E-state index in [-0.39, 0.29) is 99.1 Å². The van der Waals surface area contributed by atoms with Crippen molar-refractivity contribution in [3.8, 4) is 11.1 Å².